The van der Waals surface area contributed by atoms with E-state index in [1.807, 2.05) is 54.6 Å². The van der Waals surface area contributed by atoms with E-state index < -0.39 is 0 Å². The van der Waals surface area contributed by atoms with Crippen molar-refractivity contribution in [3.05, 3.63) is 65.7 Å². The molecule has 0 atom stereocenters. The highest BCUT2D eigenvalue weighted by Gasteiger charge is 2.14. The highest BCUT2D eigenvalue weighted by Crippen LogP contribution is 2.16. The van der Waals surface area contributed by atoms with Gasteiger partial charge in [-0.2, -0.15) is 0 Å². The van der Waals surface area contributed by atoms with Crippen molar-refractivity contribution >= 4 is 11.8 Å². The summed E-state index contributed by atoms with van der Waals surface area (Å²) < 4.78 is 5.27. The van der Waals surface area contributed by atoms with Gasteiger partial charge in [0.15, 0.2) is 0 Å². The minimum Gasteiger partial charge on any atom is -0.496 e. The Labute approximate surface area is 148 Å². The van der Waals surface area contributed by atoms with E-state index >= 15 is 0 Å². The van der Waals surface area contributed by atoms with E-state index in [9.17, 15) is 9.59 Å². The maximum absolute atomic E-state index is 12.2. The Bertz CT molecular complexity index is 701. The number of nitrogens with one attached hydrogen (secondary N) is 1. The molecule has 2 amide bonds. The lowest BCUT2D eigenvalue weighted by Gasteiger charge is -2.20. The molecule has 0 aliphatic heterocycles. The summed E-state index contributed by atoms with van der Waals surface area (Å²) in [5.41, 5.74) is 2.04. The maximum atomic E-state index is 12.2. The van der Waals surface area contributed by atoms with Gasteiger partial charge in [0.25, 0.3) is 0 Å². The molecule has 0 heterocycles. The van der Waals surface area contributed by atoms with Crippen LogP contribution in [0.5, 0.6) is 5.75 Å². The molecule has 0 saturated carbocycles. The van der Waals surface area contributed by atoms with Crippen molar-refractivity contribution in [2.45, 2.75) is 19.9 Å². The summed E-state index contributed by atoms with van der Waals surface area (Å²) in [4.78, 5) is 25.6. The van der Waals surface area contributed by atoms with Gasteiger partial charge in [0.1, 0.15) is 5.75 Å². The van der Waals surface area contributed by atoms with E-state index in [-0.39, 0.29) is 18.4 Å². The van der Waals surface area contributed by atoms with Crippen LogP contribution in [-0.4, -0.2) is 36.9 Å². The molecule has 25 heavy (non-hydrogen) atoms. The van der Waals surface area contributed by atoms with Gasteiger partial charge in [0.05, 0.1) is 13.7 Å². The number of ether oxygens (including phenoxy) is 1. The molecule has 0 radical (unpaired) electrons. The number of rotatable bonds is 8. The molecular formula is C20H24N2O3. The average molecular weight is 340 g/mol. The van der Waals surface area contributed by atoms with Crippen molar-refractivity contribution in [3.63, 3.8) is 0 Å². The Balaban J connectivity index is 1.86. The van der Waals surface area contributed by atoms with Gasteiger partial charge in [-0.15, -0.1) is 0 Å². The summed E-state index contributed by atoms with van der Waals surface area (Å²) in [7, 11) is 1.60. The van der Waals surface area contributed by atoms with Gasteiger partial charge in [0, 0.05) is 25.6 Å². The standard InChI is InChI=1S/C20H24N2O3/c1-16(23)22(13-12-17-8-4-3-5-9-17)15-20(24)21-14-18-10-6-7-11-19(18)25-2/h3-11H,12-15H2,1-2H3,(H,21,24). The zero-order valence-corrected chi connectivity index (χ0v) is 14.7. The van der Waals surface area contributed by atoms with Crippen molar-refractivity contribution in [3.8, 4) is 5.75 Å². The van der Waals surface area contributed by atoms with Crippen LogP contribution in [0.15, 0.2) is 54.6 Å². The van der Waals surface area contributed by atoms with E-state index in [0.717, 1.165) is 23.3 Å². The van der Waals surface area contributed by atoms with Gasteiger partial charge in [0.2, 0.25) is 11.8 Å². The third-order valence-corrected chi connectivity index (χ3v) is 3.96. The molecule has 5 heteroatoms. The highest BCUT2D eigenvalue weighted by molar-refractivity contribution is 5.83. The van der Waals surface area contributed by atoms with E-state index in [2.05, 4.69) is 5.32 Å². The van der Waals surface area contributed by atoms with Gasteiger partial charge in [-0.1, -0.05) is 48.5 Å². The van der Waals surface area contributed by atoms with Crippen LogP contribution < -0.4 is 10.1 Å². The number of amides is 2. The molecule has 0 unspecified atom stereocenters. The fourth-order valence-corrected chi connectivity index (χ4v) is 2.53. The average Bonchev–Trinajstić information content (AvgIpc) is 2.64. The number of para-hydroxylation sites is 1. The Hall–Kier alpha value is -2.82. The van der Waals surface area contributed by atoms with Crippen molar-refractivity contribution in [2.24, 2.45) is 0 Å². The first-order valence-electron chi connectivity index (χ1n) is 8.28. The molecule has 0 aromatic heterocycles. The molecular weight excluding hydrogens is 316 g/mol. The first-order valence-corrected chi connectivity index (χ1v) is 8.28. The molecule has 2 aromatic rings. The van der Waals surface area contributed by atoms with Crippen LogP contribution in [0.1, 0.15) is 18.1 Å². The Morgan fingerprint density at radius 2 is 1.72 bits per heavy atom. The van der Waals surface area contributed by atoms with Gasteiger partial charge in [-0.05, 0) is 18.1 Å². The van der Waals surface area contributed by atoms with Gasteiger partial charge >= 0.3 is 0 Å². The number of benzene rings is 2. The predicted molar refractivity (Wildman–Crippen MR) is 97.2 cm³/mol. The quantitative estimate of drug-likeness (QED) is 0.803. The first kappa shape index (κ1) is 18.5. The van der Waals surface area contributed by atoms with E-state index in [0.29, 0.717) is 13.1 Å². The summed E-state index contributed by atoms with van der Waals surface area (Å²) in [6.45, 7) is 2.42. The molecule has 0 bridgehead atoms. The summed E-state index contributed by atoms with van der Waals surface area (Å²) in [6.07, 6.45) is 0.722. The van der Waals surface area contributed by atoms with Crippen molar-refractivity contribution in [2.75, 3.05) is 20.2 Å². The smallest absolute Gasteiger partial charge is 0.239 e. The highest BCUT2D eigenvalue weighted by atomic mass is 16.5. The number of carbonyl (C=O) groups excluding carboxylic acids is 2. The molecule has 5 nitrogen and oxygen atoms in total. The van der Waals surface area contributed by atoms with E-state index in [4.69, 9.17) is 4.74 Å². The van der Waals surface area contributed by atoms with Crippen LogP contribution >= 0.6 is 0 Å². The Morgan fingerprint density at radius 1 is 1.04 bits per heavy atom. The number of methoxy groups -OCH3 is 1. The van der Waals surface area contributed by atoms with Crippen molar-refractivity contribution in [1.82, 2.24) is 10.2 Å². The molecule has 0 saturated heterocycles. The normalized spacial score (nSPS) is 10.2. The van der Waals surface area contributed by atoms with Crippen LogP contribution in [0.4, 0.5) is 0 Å². The third kappa shape index (κ3) is 5.95. The number of carbonyl (C=O) groups is 2. The van der Waals surface area contributed by atoms with Crippen LogP contribution in [0.25, 0.3) is 0 Å². The minimum atomic E-state index is -0.186. The molecule has 132 valence electrons. The second-order valence-electron chi connectivity index (χ2n) is 5.76. The summed E-state index contributed by atoms with van der Waals surface area (Å²) in [5.74, 6) is 0.438. The molecule has 1 N–H and O–H groups in total. The topological polar surface area (TPSA) is 58.6 Å². The summed E-state index contributed by atoms with van der Waals surface area (Å²) in [5, 5.41) is 2.84. The fourth-order valence-electron chi connectivity index (χ4n) is 2.53. The van der Waals surface area contributed by atoms with Crippen LogP contribution in [0, 0.1) is 0 Å². The maximum Gasteiger partial charge on any atom is 0.239 e. The van der Waals surface area contributed by atoms with E-state index in [1.165, 1.54) is 6.92 Å². The zero-order chi connectivity index (χ0) is 18.1. The number of hydrogen-bond donors (Lipinski definition) is 1. The molecule has 0 aliphatic carbocycles. The zero-order valence-electron chi connectivity index (χ0n) is 14.7. The molecule has 0 fully saturated rings. The van der Waals surface area contributed by atoms with Crippen molar-refractivity contribution < 1.29 is 14.3 Å². The van der Waals surface area contributed by atoms with Gasteiger partial charge in [-0.3, -0.25) is 9.59 Å². The van der Waals surface area contributed by atoms with Crippen molar-refractivity contribution in [1.29, 1.82) is 0 Å². The summed E-state index contributed by atoms with van der Waals surface area (Å²) >= 11 is 0. The predicted octanol–water partition coefficient (Wildman–Crippen LogP) is 2.40. The molecule has 0 aliphatic rings. The third-order valence-electron chi connectivity index (χ3n) is 3.96. The van der Waals surface area contributed by atoms with E-state index in [1.54, 1.807) is 12.0 Å². The lowest BCUT2D eigenvalue weighted by molar-refractivity contribution is -0.134. The first-order chi connectivity index (χ1) is 12.1. The second kappa shape index (κ2) is 9.47. The number of nitrogens with zero attached hydrogens (tertiary/aromatic N) is 1. The lowest BCUT2D eigenvalue weighted by atomic mass is 10.1. The monoisotopic (exact) mass is 340 g/mol. The second-order valence-corrected chi connectivity index (χ2v) is 5.76. The Morgan fingerprint density at radius 3 is 2.40 bits per heavy atom. The molecule has 0 spiro atoms. The fraction of sp³-hybridized carbons (Fsp3) is 0.300. The lowest BCUT2D eigenvalue weighted by Crippen LogP contribution is -2.40. The minimum absolute atomic E-state index is 0.0529. The van der Waals surface area contributed by atoms with Crippen LogP contribution in [0.2, 0.25) is 0 Å². The SMILES string of the molecule is COc1ccccc1CNC(=O)CN(CCc1ccccc1)C(C)=O. The number of hydrogen-bond acceptors (Lipinski definition) is 3. The van der Waals surface area contributed by atoms with Crippen LogP contribution in [0.3, 0.4) is 0 Å². The van der Waals surface area contributed by atoms with Gasteiger partial charge in [-0.25, -0.2) is 0 Å². The molecule has 2 aromatic carbocycles. The van der Waals surface area contributed by atoms with Gasteiger partial charge < -0.3 is 15.0 Å². The summed E-state index contributed by atoms with van der Waals surface area (Å²) in [6, 6.07) is 17.4. The Kier molecular flexibility index (Phi) is 7.01. The largest absolute Gasteiger partial charge is 0.496 e. The molecule has 2 rings (SSSR count). The van der Waals surface area contributed by atoms with Crippen LogP contribution in [-0.2, 0) is 22.6 Å².